The third kappa shape index (κ3) is 3.63. The van der Waals surface area contributed by atoms with Crippen molar-refractivity contribution in [1.29, 1.82) is 0 Å². The maximum atomic E-state index is 11.8. The normalized spacial score (nSPS) is 11.6. The van der Waals surface area contributed by atoms with Crippen molar-refractivity contribution in [2.75, 3.05) is 5.01 Å². The largest absolute Gasteiger partial charge is 0.481 e. The number of amides is 1. The number of carboxylic acids is 1. The van der Waals surface area contributed by atoms with Crippen LogP contribution in [0.1, 0.15) is 12.8 Å². The van der Waals surface area contributed by atoms with Crippen LogP contribution in [-0.2, 0) is 9.59 Å². The van der Waals surface area contributed by atoms with E-state index in [2.05, 4.69) is 5.29 Å². The van der Waals surface area contributed by atoms with Gasteiger partial charge in [0.1, 0.15) is 0 Å². The summed E-state index contributed by atoms with van der Waals surface area (Å²) in [7, 11) is 0. The van der Waals surface area contributed by atoms with Crippen molar-refractivity contribution < 1.29 is 14.7 Å². The summed E-state index contributed by atoms with van der Waals surface area (Å²) in [5, 5.41) is 11.7. The lowest BCUT2D eigenvalue weighted by Gasteiger charge is -2.17. The second-order valence-corrected chi connectivity index (χ2v) is 3.61. The number of anilines is 1. The molecule has 0 spiro atoms. The fourth-order valence-electron chi connectivity index (χ4n) is 1.34. The average molecular weight is 251 g/mol. The lowest BCUT2D eigenvalue weighted by atomic mass is 10.1. The molecule has 7 nitrogen and oxygen atoms in total. The maximum absolute atomic E-state index is 11.8. The van der Waals surface area contributed by atoms with Crippen LogP contribution in [0.4, 0.5) is 5.69 Å². The van der Waals surface area contributed by atoms with Crippen LogP contribution in [-0.4, -0.2) is 23.0 Å². The smallest absolute Gasteiger partial charge is 0.303 e. The Morgan fingerprint density at radius 3 is 2.44 bits per heavy atom. The number of carboxylic acid groups (broad SMARTS) is 1. The van der Waals surface area contributed by atoms with Gasteiger partial charge in [0.05, 0.1) is 17.0 Å². The minimum atomic E-state index is -1.07. The van der Waals surface area contributed by atoms with Crippen LogP contribution in [0.15, 0.2) is 35.6 Å². The molecule has 0 unspecified atom stereocenters. The molecule has 0 bridgehead atoms. The molecule has 0 aromatic heterocycles. The maximum Gasteiger partial charge on any atom is 0.303 e. The topological polar surface area (TPSA) is 113 Å². The quantitative estimate of drug-likeness (QED) is 0.575. The third-order valence-corrected chi connectivity index (χ3v) is 2.28. The average Bonchev–Trinajstić information content (AvgIpc) is 2.38. The SMILES string of the molecule is N[C@@H](CCC(=O)O)C(=O)N(N=O)c1ccccc1. The highest BCUT2D eigenvalue weighted by Crippen LogP contribution is 2.15. The van der Waals surface area contributed by atoms with E-state index in [-0.39, 0.29) is 12.8 Å². The van der Waals surface area contributed by atoms with E-state index in [9.17, 15) is 14.5 Å². The van der Waals surface area contributed by atoms with Crippen molar-refractivity contribution in [3.8, 4) is 0 Å². The molecular weight excluding hydrogens is 238 g/mol. The molecule has 96 valence electrons. The predicted molar refractivity (Wildman–Crippen MR) is 64.6 cm³/mol. The summed E-state index contributed by atoms with van der Waals surface area (Å²) in [5.41, 5.74) is 5.82. The minimum Gasteiger partial charge on any atom is -0.481 e. The van der Waals surface area contributed by atoms with Crippen LogP contribution in [0.2, 0.25) is 0 Å². The molecule has 0 aliphatic carbocycles. The fraction of sp³-hybridized carbons (Fsp3) is 0.273. The molecule has 18 heavy (non-hydrogen) atoms. The molecule has 3 N–H and O–H groups in total. The zero-order valence-electron chi connectivity index (χ0n) is 9.52. The first-order valence-electron chi connectivity index (χ1n) is 5.26. The van der Waals surface area contributed by atoms with Crippen LogP contribution in [0.25, 0.3) is 0 Å². The van der Waals surface area contributed by atoms with Gasteiger partial charge in [-0.2, -0.15) is 5.01 Å². The van der Waals surface area contributed by atoms with Crippen LogP contribution >= 0.6 is 0 Å². The fourth-order valence-corrected chi connectivity index (χ4v) is 1.34. The number of aliphatic carboxylic acids is 1. The van der Waals surface area contributed by atoms with Gasteiger partial charge >= 0.3 is 5.97 Å². The summed E-state index contributed by atoms with van der Waals surface area (Å²) in [6, 6.07) is 7.00. The zero-order chi connectivity index (χ0) is 13.5. The first-order valence-corrected chi connectivity index (χ1v) is 5.26. The number of carbonyl (C=O) groups is 2. The Bertz CT molecular complexity index is 435. The number of rotatable bonds is 6. The van der Waals surface area contributed by atoms with Gasteiger partial charge in [-0.1, -0.05) is 18.2 Å². The zero-order valence-corrected chi connectivity index (χ0v) is 9.52. The molecule has 7 heteroatoms. The number of benzene rings is 1. The molecule has 0 saturated heterocycles. The highest BCUT2D eigenvalue weighted by Gasteiger charge is 2.23. The molecule has 1 atom stereocenters. The van der Waals surface area contributed by atoms with E-state index in [1.165, 1.54) is 12.1 Å². The standard InChI is InChI=1S/C11H13N3O4/c12-9(6-7-10(15)16)11(17)14(13-18)8-4-2-1-3-5-8/h1-5,9H,6-7,12H2,(H,15,16)/t9-/m0/s1. The Kier molecular flexibility index (Phi) is 4.94. The molecule has 0 radical (unpaired) electrons. The summed E-state index contributed by atoms with van der Waals surface area (Å²) < 4.78 is 0. The third-order valence-electron chi connectivity index (χ3n) is 2.28. The Balaban J connectivity index is 2.74. The van der Waals surface area contributed by atoms with E-state index < -0.39 is 17.9 Å². The van der Waals surface area contributed by atoms with Crippen LogP contribution in [0.5, 0.6) is 0 Å². The second kappa shape index (κ2) is 6.45. The van der Waals surface area contributed by atoms with Gasteiger partial charge in [-0.15, -0.1) is 4.91 Å². The Morgan fingerprint density at radius 1 is 1.33 bits per heavy atom. The number of carbonyl (C=O) groups excluding carboxylic acids is 1. The van der Waals surface area contributed by atoms with E-state index >= 15 is 0 Å². The molecule has 1 aromatic carbocycles. The van der Waals surface area contributed by atoms with Gasteiger partial charge in [-0.25, -0.2) is 0 Å². The number of para-hydroxylation sites is 1. The number of nitrogens with two attached hydrogens (primary N) is 1. The van der Waals surface area contributed by atoms with Gasteiger partial charge in [0.25, 0.3) is 5.91 Å². The lowest BCUT2D eigenvalue weighted by molar-refractivity contribution is -0.137. The summed E-state index contributed by atoms with van der Waals surface area (Å²) in [6.45, 7) is 0. The summed E-state index contributed by atoms with van der Waals surface area (Å²) in [4.78, 5) is 32.8. The number of hydrogen-bond donors (Lipinski definition) is 2. The monoisotopic (exact) mass is 251 g/mol. The van der Waals surface area contributed by atoms with Gasteiger partial charge in [0, 0.05) is 6.42 Å². The van der Waals surface area contributed by atoms with E-state index in [4.69, 9.17) is 10.8 Å². The van der Waals surface area contributed by atoms with E-state index in [1.54, 1.807) is 18.2 Å². The van der Waals surface area contributed by atoms with Crippen LogP contribution < -0.4 is 10.7 Å². The van der Waals surface area contributed by atoms with Crippen molar-refractivity contribution in [1.82, 2.24) is 0 Å². The van der Waals surface area contributed by atoms with Crippen molar-refractivity contribution >= 4 is 17.6 Å². The Hall–Kier alpha value is -2.28. The van der Waals surface area contributed by atoms with Crippen LogP contribution in [0.3, 0.4) is 0 Å². The molecule has 0 heterocycles. The van der Waals surface area contributed by atoms with Gasteiger partial charge in [0.15, 0.2) is 0 Å². The van der Waals surface area contributed by atoms with Crippen LogP contribution in [0, 0.1) is 4.91 Å². The summed E-state index contributed by atoms with van der Waals surface area (Å²) in [5.74, 6) is -1.78. The Morgan fingerprint density at radius 2 is 1.94 bits per heavy atom. The molecular formula is C11H13N3O4. The summed E-state index contributed by atoms with van der Waals surface area (Å²) in [6.07, 6.45) is -0.290. The number of nitroso groups, excluding NO2 is 1. The van der Waals surface area contributed by atoms with E-state index in [1.807, 2.05) is 0 Å². The van der Waals surface area contributed by atoms with E-state index in [0.717, 1.165) is 0 Å². The molecule has 1 aromatic rings. The first-order chi connectivity index (χ1) is 8.56. The van der Waals surface area contributed by atoms with Gasteiger partial charge in [0.2, 0.25) is 0 Å². The Labute approximate surface area is 103 Å². The molecule has 0 saturated carbocycles. The molecule has 0 aliphatic rings. The number of hydrogen-bond acceptors (Lipinski definition) is 5. The highest BCUT2D eigenvalue weighted by atomic mass is 16.4. The van der Waals surface area contributed by atoms with Crippen molar-refractivity contribution in [3.63, 3.8) is 0 Å². The van der Waals surface area contributed by atoms with Gasteiger partial charge in [-0.3, -0.25) is 9.59 Å². The van der Waals surface area contributed by atoms with Gasteiger partial charge < -0.3 is 10.8 Å². The highest BCUT2D eigenvalue weighted by molar-refractivity contribution is 5.96. The molecule has 0 aliphatic heterocycles. The van der Waals surface area contributed by atoms with Crippen molar-refractivity contribution in [3.05, 3.63) is 35.2 Å². The van der Waals surface area contributed by atoms with Gasteiger partial charge in [-0.05, 0) is 18.6 Å². The molecule has 0 fully saturated rings. The summed E-state index contributed by atoms with van der Waals surface area (Å²) >= 11 is 0. The number of nitrogens with zero attached hydrogens (tertiary/aromatic N) is 2. The minimum absolute atomic E-state index is 0.0486. The van der Waals surface area contributed by atoms with Crippen molar-refractivity contribution in [2.24, 2.45) is 11.0 Å². The van der Waals surface area contributed by atoms with Crippen molar-refractivity contribution in [2.45, 2.75) is 18.9 Å². The second-order valence-electron chi connectivity index (χ2n) is 3.61. The molecule has 1 rings (SSSR count). The lowest BCUT2D eigenvalue weighted by Crippen LogP contribution is -2.41. The molecule has 1 amide bonds. The predicted octanol–water partition coefficient (Wildman–Crippen LogP) is 0.893. The first kappa shape index (κ1) is 13.8. The van der Waals surface area contributed by atoms with E-state index in [0.29, 0.717) is 10.7 Å².